The van der Waals surface area contributed by atoms with Crippen molar-refractivity contribution in [3.8, 4) is 0 Å². The van der Waals surface area contributed by atoms with Gasteiger partial charge in [-0.15, -0.1) is 0 Å². The minimum Gasteiger partial charge on any atom is -0.396 e. The van der Waals surface area contributed by atoms with Crippen LogP contribution in [0.4, 0.5) is 0 Å². The monoisotopic (exact) mass is 307 g/mol. The molecule has 0 spiro atoms. The van der Waals surface area contributed by atoms with Crippen molar-refractivity contribution in [2.75, 3.05) is 39.5 Å². The molecule has 0 aliphatic carbocycles. The maximum Gasteiger partial charge on any atom is 0.191 e. The smallest absolute Gasteiger partial charge is 0.191 e. The van der Waals surface area contributed by atoms with Gasteiger partial charge < -0.3 is 20.5 Å². The molecule has 1 atom stereocenters. The van der Waals surface area contributed by atoms with E-state index in [-0.39, 0.29) is 12.5 Å². The number of aliphatic hydroxyl groups excluding tert-OH is 1. The number of rotatable bonds is 10. The normalized spacial score (nSPS) is 13.0. The topological polar surface area (TPSA) is 65.9 Å². The predicted octanol–water partition coefficient (Wildman–Crippen LogP) is 1.74. The van der Waals surface area contributed by atoms with Gasteiger partial charge in [0.2, 0.25) is 0 Å². The molecule has 0 aromatic heterocycles. The van der Waals surface area contributed by atoms with Gasteiger partial charge in [0.05, 0.1) is 13.2 Å². The molecule has 124 valence electrons. The van der Waals surface area contributed by atoms with E-state index in [1.165, 1.54) is 0 Å². The van der Waals surface area contributed by atoms with Gasteiger partial charge in [0.15, 0.2) is 5.96 Å². The van der Waals surface area contributed by atoms with Crippen LogP contribution in [-0.4, -0.2) is 50.5 Å². The zero-order valence-electron chi connectivity index (χ0n) is 13.7. The molecular formula is C17H29N3O2. The number of hydrogen-bond donors (Lipinski definition) is 3. The number of benzene rings is 1. The van der Waals surface area contributed by atoms with Crippen LogP contribution in [0.5, 0.6) is 0 Å². The zero-order chi connectivity index (χ0) is 16.0. The highest BCUT2D eigenvalue weighted by molar-refractivity contribution is 5.79. The van der Waals surface area contributed by atoms with Crippen LogP contribution in [0.3, 0.4) is 0 Å². The Bertz CT molecular complexity index is 410. The highest BCUT2D eigenvalue weighted by Gasteiger charge is 2.09. The van der Waals surface area contributed by atoms with E-state index in [9.17, 15) is 5.11 Å². The zero-order valence-corrected chi connectivity index (χ0v) is 13.7. The maximum absolute atomic E-state index is 9.57. The average Bonchev–Trinajstić information content (AvgIpc) is 2.56. The molecule has 5 heteroatoms. The Kier molecular flexibility index (Phi) is 10.1. The summed E-state index contributed by atoms with van der Waals surface area (Å²) in [6.07, 6.45) is 0.945. The fourth-order valence-electron chi connectivity index (χ4n) is 2.06. The Balaban J connectivity index is 2.49. The second-order valence-corrected chi connectivity index (χ2v) is 4.99. The molecule has 0 heterocycles. The first-order valence-corrected chi connectivity index (χ1v) is 8.07. The second-order valence-electron chi connectivity index (χ2n) is 4.99. The van der Waals surface area contributed by atoms with E-state index in [1.54, 1.807) is 0 Å². The van der Waals surface area contributed by atoms with Crippen molar-refractivity contribution in [3.63, 3.8) is 0 Å². The van der Waals surface area contributed by atoms with E-state index >= 15 is 0 Å². The van der Waals surface area contributed by atoms with Crippen molar-refractivity contribution in [2.45, 2.75) is 26.2 Å². The number of nitrogens with one attached hydrogen (secondary N) is 2. The van der Waals surface area contributed by atoms with Gasteiger partial charge in [0.1, 0.15) is 0 Å². The Hall–Kier alpha value is -1.59. The van der Waals surface area contributed by atoms with Crippen molar-refractivity contribution >= 4 is 5.96 Å². The molecule has 22 heavy (non-hydrogen) atoms. The highest BCUT2D eigenvalue weighted by atomic mass is 16.5. The summed E-state index contributed by atoms with van der Waals surface area (Å²) in [5, 5.41) is 16.1. The maximum atomic E-state index is 9.57. The lowest BCUT2D eigenvalue weighted by molar-refractivity contribution is 0.145. The Morgan fingerprint density at radius 1 is 1.23 bits per heavy atom. The summed E-state index contributed by atoms with van der Waals surface area (Å²) < 4.78 is 5.32. The van der Waals surface area contributed by atoms with E-state index in [0.717, 1.165) is 44.2 Å². The lowest BCUT2D eigenvalue weighted by Crippen LogP contribution is -2.38. The van der Waals surface area contributed by atoms with Gasteiger partial charge in [-0.1, -0.05) is 30.3 Å². The largest absolute Gasteiger partial charge is 0.396 e. The molecular weight excluding hydrogens is 278 g/mol. The number of aliphatic imine (C=N–C) groups is 1. The molecule has 0 amide bonds. The quantitative estimate of drug-likeness (QED) is 0.350. The Labute approximate surface area is 133 Å². The van der Waals surface area contributed by atoms with Crippen LogP contribution in [0, 0.1) is 0 Å². The van der Waals surface area contributed by atoms with Crippen LogP contribution in [0.1, 0.15) is 31.7 Å². The minimum absolute atomic E-state index is 0.0279. The highest BCUT2D eigenvalue weighted by Crippen LogP contribution is 2.14. The summed E-state index contributed by atoms with van der Waals surface area (Å²) >= 11 is 0. The average molecular weight is 307 g/mol. The lowest BCUT2D eigenvalue weighted by Gasteiger charge is -2.15. The molecule has 0 saturated heterocycles. The van der Waals surface area contributed by atoms with Gasteiger partial charge in [-0.3, -0.25) is 4.99 Å². The number of nitrogens with zero attached hydrogens (tertiary/aromatic N) is 1. The number of hydrogen-bond acceptors (Lipinski definition) is 3. The lowest BCUT2D eigenvalue weighted by atomic mass is 10.0. The molecule has 5 nitrogen and oxygen atoms in total. The second kappa shape index (κ2) is 12.0. The third kappa shape index (κ3) is 7.43. The third-order valence-electron chi connectivity index (χ3n) is 3.27. The van der Waals surface area contributed by atoms with Gasteiger partial charge in [0.25, 0.3) is 0 Å². The van der Waals surface area contributed by atoms with Crippen LogP contribution in [0.15, 0.2) is 35.3 Å². The van der Waals surface area contributed by atoms with Crippen molar-refractivity contribution < 1.29 is 9.84 Å². The van der Waals surface area contributed by atoms with Crippen LogP contribution in [-0.2, 0) is 4.74 Å². The summed E-state index contributed by atoms with van der Waals surface area (Å²) in [6, 6.07) is 10.0. The first kappa shape index (κ1) is 18.5. The van der Waals surface area contributed by atoms with Crippen molar-refractivity contribution in [1.29, 1.82) is 0 Å². The standard InChI is InChI=1S/C17H29N3O2/c1-3-18-17(19-11-8-12-22-4-2)20-13-16(14-21)15-9-6-5-7-10-15/h5-7,9-10,16,21H,3-4,8,11-14H2,1-2H3,(H2,18,19,20). The first-order chi connectivity index (χ1) is 10.8. The molecule has 1 aromatic rings. The van der Waals surface area contributed by atoms with Gasteiger partial charge in [-0.25, -0.2) is 0 Å². The molecule has 0 radical (unpaired) electrons. The van der Waals surface area contributed by atoms with Crippen molar-refractivity contribution in [2.24, 2.45) is 4.99 Å². The fourth-order valence-corrected chi connectivity index (χ4v) is 2.06. The van der Waals surface area contributed by atoms with Gasteiger partial charge in [-0.2, -0.15) is 0 Å². The Morgan fingerprint density at radius 3 is 2.64 bits per heavy atom. The molecule has 1 unspecified atom stereocenters. The molecule has 1 aromatic carbocycles. The van der Waals surface area contributed by atoms with Gasteiger partial charge in [-0.05, 0) is 25.8 Å². The van der Waals surface area contributed by atoms with Crippen LogP contribution in [0.2, 0.25) is 0 Å². The Morgan fingerprint density at radius 2 is 2.00 bits per heavy atom. The number of aliphatic hydroxyl groups is 1. The molecule has 0 aliphatic heterocycles. The summed E-state index contributed by atoms with van der Waals surface area (Å²) in [6.45, 7) is 7.83. The number of guanidine groups is 1. The molecule has 3 N–H and O–H groups in total. The SMILES string of the molecule is CCNC(=NCC(CO)c1ccccc1)NCCCOCC. The van der Waals surface area contributed by atoms with E-state index in [4.69, 9.17) is 4.74 Å². The van der Waals surface area contributed by atoms with Crippen molar-refractivity contribution in [3.05, 3.63) is 35.9 Å². The first-order valence-electron chi connectivity index (χ1n) is 8.07. The summed E-state index contributed by atoms with van der Waals surface area (Å²) in [7, 11) is 0. The minimum atomic E-state index is 0.0279. The summed E-state index contributed by atoms with van der Waals surface area (Å²) in [5.41, 5.74) is 1.11. The molecule has 1 rings (SSSR count). The molecule has 0 aliphatic rings. The van der Waals surface area contributed by atoms with Crippen LogP contribution >= 0.6 is 0 Å². The van der Waals surface area contributed by atoms with Crippen molar-refractivity contribution in [1.82, 2.24) is 10.6 Å². The van der Waals surface area contributed by atoms with Crippen LogP contribution in [0.25, 0.3) is 0 Å². The molecule has 0 bridgehead atoms. The van der Waals surface area contributed by atoms with E-state index in [1.807, 2.05) is 44.2 Å². The van der Waals surface area contributed by atoms with Crippen LogP contribution < -0.4 is 10.6 Å². The molecule has 0 fully saturated rings. The predicted molar refractivity (Wildman–Crippen MR) is 91.4 cm³/mol. The summed E-state index contributed by atoms with van der Waals surface area (Å²) in [5.74, 6) is 0.813. The number of ether oxygens (including phenoxy) is 1. The third-order valence-corrected chi connectivity index (χ3v) is 3.27. The van der Waals surface area contributed by atoms with Gasteiger partial charge >= 0.3 is 0 Å². The van der Waals surface area contributed by atoms with E-state index < -0.39 is 0 Å². The fraction of sp³-hybridized carbons (Fsp3) is 0.588. The van der Waals surface area contributed by atoms with E-state index in [2.05, 4.69) is 15.6 Å². The molecule has 0 saturated carbocycles. The van der Waals surface area contributed by atoms with Gasteiger partial charge in [0, 0.05) is 32.2 Å². The summed E-state index contributed by atoms with van der Waals surface area (Å²) in [4.78, 5) is 4.57. The van der Waals surface area contributed by atoms with E-state index in [0.29, 0.717) is 6.54 Å².